The van der Waals surface area contributed by atoms with Crippen molar-refractivity contribution in [1.82, 2.24) is 14.9 Å². The summed E-state index contributed by atoms with van der Waals surface area (Å²) in [6.45, 7) is 1.95. The lowest BCUT2D eigenvalue weighted by Gasteiger charge is -2.11. The Morgan fingerprint density at radius 1 is 1.42 bits per heavy atom. The summed E-state index contributed by atoms with van der Waals surface area (Å²) in [5.74, 6) is -0.236. The zero-order valence-corrected chi connectivity index (χ0v) is 11.4. The van der Waals surface area contributed by atoms with Crippen LogP contribution in [-0.2, 0) is 6.42 Å². The third-order valence-corrected chi connectivity index (χ3v) is 3.50. The fourth-order valence-corrected chi connectivity index (χ4v) is 2.26. The lowest BCUT2D eigenvalue weighted by molar-refractivity contribution is 0.0919. The summed E-state index contributed by atoms with van der Waals surface area (Å²) in [6, 6.07) is 9.67. The van der Waals surface area contributed by atoms with Gasteiger partial charge in [-0.05, 0) is 24.0 Å². The quantitative estimate of drug-likeness (QED) is 0.860. The van der Waals surface area contributed by atoms with Crippen LogP contribution in [-0.4, -0.2) is 33.2 Å². The Morgan fingerprint density at radius 2 is 2.16 bits per heavy atom. The van der Waals surface area contributed by atoms with E-state index in [-0.39, 0.29) is 12.5 Å². The molecule has 2 N–H and O–H groups in total. The van der Waals surface area contributed by atoms with Crippen LogP contribution < -0.4 is 5.32 Å². The lowest BCUT2D eigenvalue weighted by atomic mass is 10.1. The van der Waals surface area contributed by atoms with Crippen LogP contribution in [0.15, 0.2) is 30.3 Å². The van der Waals surface area contributed by atoms with Crippen molar-refractivity contribution in [3.63, 3.8) is 0 Å². The van der Waals surface area contributed by atoms with E-state index in [4.69, 9.17) is 0 Å². The number of nitrogens with one attached hydrogen (secondary N) is 1. The third-order valence-electron chi connectivity index (χ3n) is 2.67. The topological polar surface area (TPSA) is 75.1 Å². The minimum absolute atomic E-state index is 0.213. The number of aromatic nitrogens is 2. The largest absolute Gasteiger partial charge is 0.391 e. The molecule has 0 fully saturated rings. The lowest BCUT2D eigenvalue weighted by Crippen LogP contribution is -2.33. The number of amides is 1. The van der Waals surface area contributed by atoms with Gasteiger partial charge in [-0.3, -0.25) is 4.79 Å². The Balaban J connectivity index is 1.82. The molecule has 1 atom stereocenters. The molecule has 0 bridgehead atoms. The predicted octanol–water partition coefficient (Wildman–Crippen LogP) is 1.18. The number of hydrogen-bond acceptors (Lipinski definition) is 5. The van der Waals surface area contributed by atoms with Gasteiger partial charge in [-0.2, -0.15) is 0 Å². The molecule has 19 heavy (non-hydrogen) atoms. The summed E-state index contributed by atoms with van der Waals surface area (Å²) >= 11 is 1.06. The van der Waals surface area contributed by atoms with Gasteiger partial charge in [0.25, 0.3) is 5.91 Å². The average molecular weight is 277 g/mol. The molecule has 1 heterocycles. The van der Waals surface area contributed by atoms with Crippen LogP contribution in [0.1, 0.15) is 20.9 Å². The van der Waals surface area contributed by atoms with Gasteiger partial charge in [-0.15, -0.1) is 5.10 Å². The van der Waals surface area contributed by atoms with E-state index >= 15 is 0 Å². The van der Waals surface area contributed by atoms with Crippen LogP contribution in [0, 0.1) is 6.92 Å². The number of carbonyl (C=O) groups is 1. The maximum Gasteiger partial charge on any atom is 0.265 e. The summed E-state index contributed by atoms with van der Waals surface area (Å²) < 4.78 is 3.71. The van der Waals surface area contributed by atoms with Gasteiger partial charge in [-0.1, -0.05) is 34.8 Å². The van der Waals surface area contributed by atoms with E-state index < -0.39 is 6.10 Å². The molecular weight excluding hydrogens is 262 g/mol. The van der Waals surface area contributed by atoms with Gasteiger partial charge in [0.2, 0.25) is 0 Å². The van der Waals surface area contributed by atoms with Crippen molar-refractivity contribution in [2.45, 2.75) is 19.4 Å². The molecule has 0 aliphatic carbocycles. The molecule has 0 radical (unpaired) electrons. The summed E-state index contributed by atoms with van der Waals surface area (Å²) in [7, 11) is 0. The molecule has 6 heteroatoms. The van der Waals surface area contributed by atoms with E-state index in [1.165, 1.54) is 0 Å². The van der Waals surface area contributed by atoms with Crippen LogP contribution in [0.25, 0.3) is 0 Å². The van der Waals surface area contributed by atoms with Crippen molar-refractivity contribution in [2.75, 3.05) is 6.54 Å². The van der Waals surface area contributed by atoms with E-state index in [1.54, 1.807) is 6.92 Å². The smallest absolute Gasteiger partial charge is 0.265 e. The van der Waals surface area contributed by atoms with E-state index in [0.717, 1.165) is 17.1 Å². The molecule has 1 amide bonds. The molecule has 2 rings (SSSR count). The molecule has 0 aliphatic rings. The molecule has 0 unspecified atom stereocenters. The summed E-state index contributed by atoms with van der Waals surface area (Å²) in [4.78, 5) is 12.3. The Labute approximate surface area is 115 Å². The van der Waals surface area contributed by atoms with Crippen molar-refractivity contribution in [3.8, 4) is 0 Å². The third kappa shape index (κ3) is 3.84. The molecule has 100 valence electrons. The van der Waals surface area contributed by atoms with Crippen LogP contribution in [0.5, 0.6) is 0 Å². The van der Waals surface area contributed by atoms with E-state index in [0.29, 0.717) is 17.0 Å². The molecule has 1 aromatic carbocycles. The zero-order chi connectivity index (χ0) is 13.7. The second-order valence-corrected chi connectivity index (χ2v) is 5.00. The van der Waals surface area contributed by atoms with Crippen LogP contribution in [0.3, 0.4) is 0 Å². The molecule has 5 nitrogen and oxygen atoms in total. The first-order valence-corrected chi connectivity index (χ1v) is 6.73. The highest BCUT2D eigenvalue weighted by molar-refractivity contribution is 7.07. The molecule has 2 aromatic rings. The van der Waals surface area contributed by atoms with Crippen LogP contribution >= 0.6 is 11.5 Å². The molecule has 0 aliphatic heterocycles. The van der Waals surface area contributed by atoms with Gasteiger partial charge in [-0.25, -0.2) is 0 Å². The highest BCUT2D eigenvalue weighted by Gasteiger charge is 2.14. The minimum atomic E-state index is -0.604. The van der Waals surface area contributed by atoms with Crippen molar-refractivity contribution < 1.29 is 9.90 Å². The molecule has 0 saturated carbocycles. The number of aryl methyl sites for hydroxylation is 1. The second kappa shape index (κ2) is 6.40. The predicted molar refractivity (Wildman–Crippen MR) is 73.1 cm³/mol. The highest BCUT2D eigenvalue weighted by atomic mass is 32.1. The Morgan fingerprint density at radius 3 is 2.79 bits per heavy atom. The van der Waals surface area contributed by atoms with Crippen molar-refractivity contribution in [1.29, 1.82) is 0 Å². The Hall–Kier alpha value is -1.79. The molecule has 1 aromatic heterocycles. The van der Waals surface area contributed by atoms with Crippen molar-refractivity contribution in [3.05, 3.63) is 46.5 Å². The van der Waals surface area contributed by atoms with Crippen molar-refractivity contribution in [2.24, 2.45) is 0 Å². The summed E-state index contributed by atoms with van der Waals surface area (Å²) in [5.41, 5.74) is 1.65. The molecule has 0 saturated heterocycles. The fourth-order valence-electron chi connectivity index (χ4n) is 1.69. The zero-order valence-electron chi connectivity index (χ0n) is 10.5. The highest BCUT2D eigenvalue weighted by Crippen LogP contribution is 2.08. The normalized spacial score (nSPS) is 12.1. The first-order valence-electron chi connectivity index (χ1n) is 5.96. The Bertz CT molecular complexity index is 542. The molecular formula is C13H15N3O2S. The van der Waals surface area contributed by atoms with Gasteiger partial charge < -0.3 is 10.4 Å². The number of carbonyl (C=O) groups excluding carboxylic acids is 1. The fraction of sp³-hybridized carbons (Fsp3) is 0.308. The van der Waals surface area contributed by atoms with E-state index in [9.17, 15) is 9.90 Å². The average Bonchev–Trinajstić information content (AvgIpc) is 2.83. The number of benzene rings is 1. The monoisotopic (exact) mass is 277 g/mol. The second-order valence-electron chi connectivity index (χ2n) is 4.24. The van der Waals surface area contributed by atoms with Gasteiger partial charge in [0.15, 0.2) is 0 Å². The summed E-state index contributed by atoms with van der Waals surface area (Å²) in [5, 5.41) is 16.3. The van der Waals surface area contributed by atoms with Gasteiger partial charge >= 0.3 is 0 Å². The maximum atomic E-state index is 11.8. The number of rotatable bonds is 5. The summed E-state index contributed by atoms with van der Waals surface area (Å²) in [6.07, 6.45) is -0.0892. The Kier molecular flexibility index (Phi) is 4.59. The molecule has 0 spiro atoms. The SMILES string of the molecule is Cc1nnsc1C(=O)NC[C@H](O)Cc1ccccc1. The number of aliphatic hydroxyl groups excluding tert-OH is 1. The van der Waals surface area contributed by atoms with Gasteiger partial charge in [0.1, 0.15) is 4.88 Å². The van der Waals surface area contributed by atoms with Gasteiger partial charge in [0, 0.05) is 13.0 Å². The minimum Gasteiger partial charge on any atom is -0.391 e. The maximum absolute atomic E-state index is 11.8. The number of aliphatic hydroxyl groups is 1. The standard InChI is InChI=1S/C13H15N3O2S/c1-9-12(19-16-15-9)13(18)14-8-11(17)7-10-5-3-2-4-6-10/h2-6,11,17H,7-8H2,1H3,(H,14,18)/t11-/m1/s1. The van der Waals surface area contributed by atoms with E-state index in [2.05, 4.69) is 14.9 Å². The van der Waals surface area contributed by atoms with Gasteiger partial charge in [0.05, 0.1) is 11.8 Å². The number of hydrogen-bond donors (Lipinski definition) is 2. The van der Waals surface area contributed by atoms with Crippen LogP contribution in [0.4, 0.5) is 0 Å². The van der Waals surface area contributed by atoms with Crippen molar-refractivity contribution >= 4 is 17.4 Å². The first kappa shape index (κ1) is 13.6. The number of nitrogens with zero attached hydrogens (tertiary/aromatic N) is 2. The first-order chi connectivity index (χ1) is 9.16. The van der Waals surface area contributed by atoms with Crippen LogP contribution in [0.2, 0.25) is 0 Å². The van der Waals surface area contributed by atoms with E-state index in [1.807, 2.05) is 30.3 Å².